The molecule has 2 fully saturated rings. The van der Waals surface area contributed by atoms with E-state index in [9.17, 15) is 4.39 Å². The van der Waals surface area contributed by atoms with Crippen LogP contribution >= 0.6 is 0 Å². The summed E-state index contributed by atoms with van der Waals surface area (Å²) in [4.78, 5) is 2.53. The van der Waals surface area contributed by atoms with E-state index in [4.69, 9.17) is 4.74 Å². The van der Waals surface area contributed by atoms with E-state index in [1.165, 1.54) is 38.2 Å². The van der Waals surface area contributed by atoms with E-state index >= 15 is 0 Å². The Labute approximate surface area is 132 Å². The van der Waals surface area contributed by atoms with Crippen LogP contribution < -0.4 is 10.1 Å². The Morgan fingerprint density at radius 1 is 1.18 bits per heavy atom. The van der Waals surface area contributed by atoms with Crippen LogP contribution in [-0.2, 0) is 0 Å². The predicted octanol–water partition coefficient (Wildman–Crippen LogP) is 3.36. The minimum Gasteiger partial charge on any atom is -0.493 e. The monoisotopic (exact) mass is 306 g/mol. The number of para-hydroxylation sites is 1. The van der Waals surface area contributed by atoms with Crippen LogP contribution in [0.3, 0.4) is 0 Å². The largest absolute Gasteiger partial charge is 0.493 e. The van der Waals surface area contributed by atoms with Crippen LogP contribution in [0.4, 0.5) is 4.39 Å². The van der Waals surface area contributed by atoms with Gasteiger partial charge in [-0.1, -0.05) is 31.4 Å². The van der Waals surface area contributed by atoms with E-state index in [0.29, 0.717) is 11.7 Å². The van der Waals surface area contributed by atoms with Crippen LogP contribution in [0.5, 0.6) is 5.75 Å². The van der Waals surface area contributed by atoms with E-state index < -0.39 is 0 Å². The van der Waals surface area contributed by atoms with Crippen molar-refractivity contribution >= 4 is 0 Å². The number of hydrogen-bond acceptors (Lipinski definition) is 3. The van der Waals surface area contributed by atoms with Crippen molar-refractivity contribution in [3.8, 4) is 5.75 Å². The molecule has 0 amide bonds. The van der Waals surface area contributed by atoms with Gasteiger partial charge in [0, 0.05) is 37.8 Å². The molecule has 4 heteroatoms. The van der Waals surface area contributed by atoms with Crippen LogP contribution in [-0.4, -0.2) is 38.2 Å². The Hall–Kier alpha value is -1.13. The molecule has 1 saturated carbocycles. The molecule has 1 aromatic rings. The number of halogens is 1. The molecule has 1 heterocycles. The second-order valence-corrected chi connectivity index (χ2v) is 6.49. The lowest BCUT2D eigenvalue weighted by Crippen LogP contribution is -2.47. The number of nitrogens with zero attached hydrogens (tertiary/aromatic N) is 1. The summed E-state index contributed by atoms with van der Waals surface area (Å²) in [6.07, 6.45) is 6.42. The smallest absolute Gasteiger partial charge is 0.165 e. The van der Waals surface area contributed by atoms with Gasteiger partial charge in [0.05, 0.1) is 7.11 Å². The van der Waals surface area contributed by atoms with Crippen LogP contribution in [0, 0.1) is 11.7 Å². The summed E-state index contributed by atoms with van der Waals surface area (Å²) in [5.74, 6) is 0.815. The van der Waals surface area contributed by atoms with Crippen molar-refractivity contribution in [2.24, 2.45) is 5.92 Å². The van der Waals surface area contributed by atoms with E-state index in [2.05, 4.69) is 16.3 Å². The number of methoxy groups -OCH3 is 1. The Morgan fingerprint density at radius 3 is 2.59 bits per heavy atom. The second kappa shape index (κ2) is 7.42. The Bertz CT molecular complexity index is 464. The standard InChI is InChI=1S/C18H27FN2O/c1-22-18-15(8-5-9-16(18)19)17(14-6-3-2-4-7-14)21-12-10-20-11-13-21/h5,8-9,14,17,20H,2-4,6-7,10-13H2,1H3/t17-/m1/s1. The van der Waals surface area contributed by atoms with Gasteiger partial charge >= 0.3 is 0 Å². The number of ether oxygens (including phenoxy) is 1. The van der Waals surface area contributed by atoms with Crippen LogP contribution in [0.1, 0.15) is 43.7 Å². The molecule has 0 bridgehead atoms. The fourth-order valence-electron chi connectivity index (χ4n) is 4.13. The first-order valence-electron chi connectivity index (χ1n) is 8.58. The van der Waals surface area contributed by atoms with Gasteiger partial charge in [0.1, 0.15) is 0 Å². The SMILES string of the molecule is COc1c(F)cccc1[C@@H](C1CCCCC1)N1CCNCC1. The Kier molecular flexibility index (Phi) is 5.32. The average molecular weight is 306 g/mol. The van der Waals surface area contributed by atoms with Gasteiger partial charge in [-0.15, -0.1) is 0 Å². The first-order chi connectivity index (χ1) is 10.8. The van der Waals surface area contributed by atoms with E-state index in [-0.39, 0.29) is 11.9 Å². The summed E-state index contributed by atoms with van der Waals surface area (Å²) in [6, 6.07) is 5.67. The van der Waals surface area contributed by atoms with Crippen molar-refractivity contribution in [3.05, 3.63) is 29.6 Å². The number of piperazine rings is 1. The van der Waals surface area contributed by atoms with Crippen molar-refractivity contribution in [3.63, 3.8) is 0 Å². The lowest BCUT2D eigenvalue weighted by molar-refractivity contribution is 0.101. The number of nitrogens with one attached hydrogen (secondary N) is 1. The molecule has 1 saturated heterocycles. The average Bonchev–Trinajstić information content (AvgIpc) is 2.57. The molecule has 1 aliphatic carbocycles. The molecule has 3 rings (SSSR count). The Balaban J connectivity index is 1.94. The molecule has 0 radical (unpaired) electrons. The molecule has 0 aromatic heterocycles. The molecular formula is C18H27FN2O. The molecule has 2 aliphatic rings. The molecule has 22 heavy (non-hydrogen) atoms. The molecular weight excluding hydrogens is 279 g/mol. The number of benzene rings is 1. The number of hydrogen-bond donors (Lipinski definition) is 1. The third kappa shape index (κ3) is 3.28. The summed E-state index contributed by atoms with van der Waals surface area (Å²) in [7, 11) is 1.58. The second-order valence-electron chi connectivity index (χ2n) is 6.49. The van der Waals surface area contributed by atoms with Gasteiger partial charge in [-0.2, -0.15) is 0 Å². The van der Waals surface area contributed by atoms with Crippen LogP contribution in [0.25, 0.3) is 0 Å². The van der Waals surface area contributed by atoms with Crippen LogP contribution in [0.2, 0.25) is 0 Å². The van der Waals surface area contributed by atoms with Crippen molar-refractivity contribution in [2.75, 3.05) is 33.3 Å². The molecule has 3 nitrogen and oxygen atoms in total. The fraction of sp³-hybridized carbons (Fsp3) is 0.667. The highest BCUT2D eigenvalue weighted by Gasteiger charge is 2.33. The topological polar surface area (TPSA) is 24.5 Å². The molecule has 0 unspecified atom stereocenters. The molecule has 122 valence electrons. The third-order valence-corrected chi connectivity index (χ3v) is 5.16. The molecule has 1 N–H and O–H groups in total. The maximum Gasteiger partial charge on any atom is 0.165 e. The normalized spacial score (nSPS) is 22.5. The van der Waals surface area contributed by atoms with Gasteiger partial charge in [0.15, 0.2) is 11.6 Å². The quantitative estimate of drug-likeness (QED) is 0.923. The first kappa shape index (κ1) is 15.8. The molecule has 1 aliphatic heterocycles. The summed E-state index contributed by atoms with van der Waals surface area (Å²) in [5.41, 5.74) is 1.04. The zero-order valence-electron chi connectivity index (χ0n) is 13.5. The lowest BCUT2D eigenvalue weighted by Gasteiger charge is -2.41. The molecule has 0 spiro atoms. The maximum atomic E-state index is 14.2. The van der Waals surface area contributed by atoms with E-state index in [1.807, 2.05) is 6.07 Å². The first-order valence-corrected chi connectivity index (χ1v) is 8.58. The summed E-state index contributed by atoms with van der Waals surface area (Å²) in [5, 5.41) is 3.42. The van der Waals surface area contributed by atoms with Crippen LogP contribution in [0.15, 0.2) is 18.2 Å². The fourth-order valence-corrected chi connectivity index (χ4v) is 4.13. The van der Waals surface area contributed by atoms with Gasteiger partial charge in [-0.25, -0.2) is 4.39 Å². The predicted molar refractivity (Wildman–Crippen MR) is 86.7 cm³/mol. The zero-order chi connectivity index (χ0) is 15.4. The zero-order valence-corrected chi connectivity index (χ0v) is 13.5. The van der Waals surface area contributed by atoms with Gasteiger partial charge in [0.2, 0.25) is 0 Å². The van der Waals surface area contributed by atoms with E-state index in [0.717, 1.165) is 31.7 Å². The highest BCUT2D eigenvalue weighted by molar-refractivity contribution is 5.38. The minimum atomic E-state index is -0.240. The van der Waals surface area contributed by atoms with Gasteiger partial charge in [0.25, 0.3) is 0 Å². The van der Waals surface area contributed by atoms with Crippen molar-refractivity contribution in [1.29, 1.82) is 0 Å². The van der Waals surface area contributed by atoms with Crippen molar-refractivity contribution in [2.45, 2.75) is 38.1 Å². The molecule has 1 atom stereocenters. The third-order valence-electron chi connectivity index (χ3n) is 5.16. The van der Waals surface area contributed by atoms with E-state index in [1.54, 1.807) is 7.11 Å². The maximum absolute atomic E-state index is 14.2. The molecule has 1 aromatic carbocycles. The minimum absolute atomic E-state index is 0.240. The van der Waals surface area contributed by atoms with Gasteiger partial charge in [-0.05, 0) is 24.8 Å². The lowest BCUT2D eigenvalue weighted by atomic mass is 9.80. The Morgan fingerprint density at radius 2 is 1.91 bits per heavy atom. The number of rotatable bonds is 4. The highest BCUT2D eigenvalue weighted by atomic mass is 19.1. The summed E-state index contributed by atoms with van der Waals surface area (Å²) >= 11 is 0. The van der Waals surface area contributed by atoms with Gasteiger partial charge in [-0.3, -0.25) is 4.90 Å². The summed E-state index contributed by atoms with van der Waals surface area (Å²) in [6.45, 7) is 4.09. The highest BCUT2D eigenvalue weighted by Crippen LogP contribution is 2.42. The van der Waals surface area contributed by atoms with Crippen molar-refractivity contribution < 1.29 is 9.13 Å². The van der Waals surface area contributed by atoms with Crippen molar-refractivity contribution in [1.82, 2.24) is 10.2 Å². The summed E-state index contributed by atoms with van der Waals surface area (Å²) < 4.78 is 19.6. The van der Waals surface area contributed by atoms with Gasteiger partial charge < -0.3 is 10.1 Å².